The molecule has 1 atom stereocenters. The topological polar surface area (TPSA) is 56.1 Å². The Morgan fingerprint density at radius 3 is 2.53 bits per heavy atom. The van der Waals surface area contributed by atoms with Crippen LogP contribution in [0.25, 0.3) is 16.6 Å². The average molecular weight is 462 g/mol. The van der Waals surface area contributed by atoms with Gasteiger partial charge in [-0.3, -0.25) is 4.79 Å². The molecule has 0 saturated heterocycles. The zero-order chi connectivity index (χ0) is 23.9. The molecule has 1 amide bonds. The molecule has 4 aromatic rings. The Labute approximate surface area is 196 Å². The normalized spacial score (nSPS) is 16.1. The van der Waals surface area contributed by atoms with Gasteiger partial charge in [-0.05, 0) is 67.4 Å². The van der Waals surface area contributed by atoms with Gasteiger partial charge in [0.15, 0.2) is 0 Å². The third kappa shape index (κ3) is 4.02. The lowest BCUT2D eigenvalue weighted by molar-refractivity contribution is -0.133. The molecule has 1 N–H and O–H groups in total. The molecule has 5 nitrogen and oxygen atoms in total. The third-order valence-electron chi connectivity index (χ3n) is 6.56. The lowest BCUT2D eigenvalue weighted by Gasteiger charge is -2.36. The smallest absolute Gasteiger partial charge is 0.229 e. The highest BCUT2D eigenvalue weighted by Gasteiger charge is 2.48. The van der Waals surface area contributed by atoms with Crippen molar-refractivity contribution in [3.8, 4) is 11.4 Å². The summed E-state index contributed by atoms with van der Waals surface area (Å²) in [6.45, 7) is 3.82. The number of benzene rings is 3. The van der Waals surface area contributed by atoms with Gasteiger partial charge in [0.2, 0.25) is 11.6 Å². The number of carbonyl (C=O) groups is 1. The Hall–Kier alpha value is -3.74. The summed E-state index contributed by atoms with van der Waals surface area (Å²) in [5, 5.41) is 8.32. The molecule has 0 aliphatic heterocycles. The van der Waals surface area contributed by atoms with E-state index in [9.17, 15) is 13.6 Å². The first-order valence-corrected chi connectivity index (χ1v) is 11.3. The molecule has 0 bridgehead atoms. The molecule has 1 saturated carbocycles. The van der Waals surface area contributed by atoms with E-state index in [4.69, 9.17) is 4.74 Å². The van der Waals surface area contributed by atoms with E-state index >= 15 is 0 Å². The number of carbonyl (C=O) groups excluding carboxylic acids is 1. The van der Waals surface area contributed by atoms with Gasteiger partial charge in [0.05, 0.1) is 17.4 Å². The largest absolute Gasteiger partial charge is 0.464 e. The summed E-state index contributed by atoms with van der Waals surface area (Å²) in [4.78, 5) is 13.0. The zero-order valence-corrected chi connectivity index (χ0v) is 19.0. The van der Waals surface area contributed by atoms with E-state index in [0.29, 0.717) is 17.7 Å². The van der Waals surface area contributed by atoms with Gasteiger partial charge in [-0.15, -0.1) is 0 Å². The molecule has 1 aromatic heterocycles. The van der Waals surface area contributed by atoms with Crippen LogP contribution in [0.15, 0.2) is 72.9 Å². The molecule has 1 heterocycles. The van der Waals surface area contributed by atoms with Crippen molar-refractivity contribution in [1.82, 2.24) is 15.1 Å². The summed E-state index contributed by atoms with van der Waals surface area (Å²) in [6, 6.07) is 17.7. The van der Waals surface area contributed by atoms with Crippen LogP contribution in [0.4, 0.5) is 8.78 Å². The maximum Gasteiger partial charge on any atom is 0.229 e. The SMILES string of the molecule is CCC(NC(=O)C1(C)CC1)(Oc1ccc2c(cnn2-c2ccc(F)cc2)c1)c1cccc(F)c1. The molecule has 1 aliphatic rings. The summed E-state index contributed by atoms with van der Waals surface area (Å²) in [5.41, 5.74) is 0.441. The zero-order valence-electron chi connectivity index (χ0n) is 19.0. The first-order valence-electron chi connectivity index (χ1n) is 11.3. The number of fused-ring (bicyclic) bond motifs is 1. The molecule has 1 unspecified atom stereocenters. The number of aromatic nitrogens is 2. The first kappa shape index (κ1) is 22.1. The number of hydrogen-bond acceptors (Lipinski definition) is 3. The summed E-state index contributed by atoms with van der Waals surface area (Å²) in [5.74, 6) is -0.310. The molecule has 7 heteroatoms. The monoisotopic (exact) mass is 461 g/mol. The van der Waals surface area contributed by atoms with Crippen LogP contribution in [0.3, 0.4) is 0 Å². The molecule has 1 aliphatic carbocycles. The van der Waals surface area contributed by atoms with Crippen molar-refractivity contribution < 1.29 is 18.3 Å². The second-order valence-electron chi connectivity index (χ2n) is 9.06. The number of halogens is 2. The minimum absolute atomic E-state index is 0.108. The van der Waals surface area contributed by atoms with E-state index in [0.717, 1.165) is 29.4 Å². The fraction of sp³-hybridized carbons (Fsp3) is 0.259. The number of amides is 1. The molecule has 0 spiro atoms. The number of hydrogen-bond donors (Lipinski definition) is 1. The third-order valence-corrected chi connectivity index (χ3v) is 6.56. The van der Waals surface area contributed by atoms with E-state index < -0.39 is 17.0 Å². The van der Waals surface area contributed by atoms with Crippen molar-refractivity contribution in [3.05, 3.63) is 90.1 Å². The molecule has 1 fully saturated rings. The fourth-order valence-electron chi connectivity index (χ4n) is 4.07. The second-order valence-corrected chi connectivity index (χ2v) is 9.06. The molecule has 3 aromatic carbocycles. The summed E-state index contributed by atoms with van der Waals surface area (Å²) >= 11 is 0. The van der Waals surface area contributed by atoms with Crippen molar-refractivity contribution in [2.45, 2.75) is 38.8 Å². The predicted molar refractivity (Wildman–Crippen MR) is 126 cm³/mol. The highest BCUT2D eigenvalue weighted by atomic mass is 19.1. The van der Waals surface area contributed by atoms with Crippen molar-refractivity contribution in [1.29, 1.82) is 0 Å². The van der Waals surface area contributed by atoms with E-state index in [2.05, 4.69) is 10.4 Å². The van der Waals surface area contributed by atoms with Crippen LogP contribution < -0.4 is 10.1 Å². The number of nitrogens with zero attached hydrogens (tertiary/aromatic N) is 2. The van der Waals surface area contributed by atoms with Gasteiger partial charge in [0.25, 0.3) is 0 Å². The van der Waals surface area contributed by atoms with Crippen molar-refractivity contribution in [2.75, 3.05) is 0 Å². The van der Waals surface area contributed by atoms with Crippen molar-refractivity contribution >= 4 is 16.8 Å². The van der Waals surface area contributed by atoms with Gasteiger partial charge in [-0.2, -0.15) is 5.10 Å². The van der Waals surface area contributed by atoms with Gasteiger partial charge >= 0.3 is 0 Å². The number of nitrogens with one attached hydrogen (secondary N) is 1. The maximum atomic E-state index is 14.2. The maximum absolute atomic E-state index is 14.2. The van der Waals surface area contributed by atoms with Gasteiger partial charge in [0.1, 0.15) is 17.4 Å². The lowest BCUT2D eigenvalue weighted by Crippen LogP contribution is -2.52. The van der Waals surface area contributed by atoms with Crippen LogP contribution >= 0.6 is 0 Å². The summed E-state index contributed by atoms with van der Waals surface area (Å²) in [7, 11) is 0. The van der Waals surface area contributed by atoms with E-state index in [1.54, 1.807) is 41.2 Å². The molecular weight excluding hydrogens is 436 g/mol. The van der Waals surface area contributed by atoms with Crippen molar-refractivity contribution in [2.24, 2.45) is 5.41 Å². The van der Waals surface area contributed by atoms with E-state index in [1.165, 1.54) is 24.3 Å². The second kappa shape index (κ2) is 8.24. The fourth-order valence-corrected chi connectivity index (χ4v) is 4.07. The van der Waals surface area contributed by atoms with Gasteiger partial charge in [0, 0.05) is 22.8 Å². The van der Waals surface area contributed by atoms with Crippen molar-refractivity contribution in [3.63, 3.8) is 0 Å². The average Bonchev–Trinajstić information content (AvgIpc) is 3.45. The van der Waals surface area contributed by atoms with Crippen LogP contribution in [0, 0.1) is 17.0 Å². The number of rotatable bonds is 7. The quantitative estimate of drug-likeness (QED) is 0.351. The van der Waals surface area contributed by atoms with Gasteiger partial charge < -0.3 is 10.1 Å². The van der Waals surface area contributed by atoms with Crippen LogP contribution in [-0.2, 0) is 10.5 Å². The Morgan fingerprint density at radius 1 is 1.09 bits per heavy atom. The standard InChI is InChI=1S/C27H25F2N3O2/c1-3-27(19-5-4-6-21(29)16-19,31-25(33)26(2)13-14-26)34-23-11-12-24-18(15-23)17-30-32(24)22-9-7-20(28)8-10-22/h4-12,15-17H,3,13-14H2,1-2H3,(H,31,33). The molecule has 0 radical (unpaired) electrons. The Bertz CT molecular complexity index is 1360. The van der Waals surface area contributed by atoms with Gasteiger partial charge in [-0.25, -0.2) is 13.5 Å². The van der Waals surface area contributed by atoms with E-state index in [-0.39, 0.29) is 11.7 Å². The molecule has 34 heavy (non-hydrogen) atoms. The predicted octanol–water partition coefficient (Wildman–Crippen LogP) is 5.86. The Morgan fingerprint density at radius 2 is 1.85 bits per heavy atom. The minimum atomic E-state index is -1.23. The Kier molecular flexibility index (Phi) is 5.35. The first-order chi connectivity index (χ1) is 16.3. The summed E-state index contributed by atoms with van der Waals surface area (Å²) in [6.07, 6.45) is 3.73. The summed E-state index contributed by atoms with van der Waals surface area (Å²) < 4.78 is 35.6. The van der Waals surface area contributed by atoms with Gasteiger partial charge in [-0.1, -0.05) is 26.0 Å². The Balaban J connectivity index is 1.52. The highest BCUT2D eigenvalue weighted by Crippen LogP contribution is 2.46. The minimum Gasteiger partial charge on any atom is -0.464 e. The van der Waals surface area contributed by atoms with Crippen LogP contribution in [0.5, 0.6) is 5.75 Å². The van der Waals surface area contributed by atoms with Crippen LogP contribution in [0.2, 0.25) is 0 Å². The lowest BCUT2D eigenvalue weighted by atomic mass is 9.97. The molecule has 5 rings (SSSR count). The van der Waals surface area contributed by atoms with Crippen LogP contribution in [0.1, 0.15) is 38.7 Å². The molecule has 174 valence electrons. The van der Waals surface area contributed by atoms with E-state index in [1.807, 2.05) is 26.0 Å². The number of ether oxygens (including phenoxy) is 1. The van der Waals surface area contributed by atoms with Crippen LogP contribution in [-0.4, -0.2) is 15.7 Å². The highest BCUT2D eigenvalue weighted by molar-refractivity contribution is 5.85. The molecular formula is C27H25F2N3O2.